The van der Waals surface area contributed by atoms with E-state index in [2.05, 4.69) is 0 Å². The Morgan fingerprint density at radius 2 is 1.84 bits per heavy atom. The van der Waals surface area contributed by atoms with Gasteiger partial charge in [-0.25, -0.2) is 9.29 Å². The van der Waals surface area contributed by atoms with Gasteiger partial charge in [0.2, 0.25) is 11.8 Å². The second-order valence-electron chi connectivity index (χ2n) is 5.17. The van der Waals surface area contributed by atoms with Crippen LogP contribution in [0.1, 0.15) is 19.8 Å². The first kappa shape index (κ1) is 12.1. The maximum Gasteiger partial charge on any atom is 0.238 e. The van der Waals surface area contributed by atoms with E-state index in [0.29, 0.717) is 12.8 Å². The molecule has 2 aliphatic rings. The summed E-state index contributed by atoms with van der Waals surface area (Å²) in [5, 5.41) is 0. The van der Waals surface area contributed by atoms with Gasteiger partial charge < -0.3 is 0 Å². The normalized spacial score (nSPS) is 26.4. The van der Waals surface area contributed by atoms with E-state index in [-0.39, 0.29) is 29.3 Å². The largest absolute Gasteiger partial charge is 0.274 e. The number of carbonyl (C=O) groups is 2. The minimum Gasteiger partial charge on any atom is -0.274 e. The van der Waals surface area contributed by atoms with Crippen molar-refractivity contribution in [3.8, 4) is 0 Å². The first-order chi connectivity index (χ1) is 9.09. The smallest absolute Gasteiger partial charge is 0.238 e. The van der Waals surface area contributed by atoms with Gasteiger partial charge in [0.15, 0.2) is 0 Å². The molecule has 4 heteroatoms. The lowest BCUT2D eigenvalue weighted by Gasteiger charge is -2.18. The van der Waals surface area contributed by atoms with E-state index in [9.17, 15) is 14.0 Å². The summed E-state index contributed by atoms with van der Waals surface area (Å²) in [6.07, 6.45) is 3.17. The topological polar surface area (TPSA) is 37.4 Å². The van der Waals surface area contributed by atoms with Crippen LogP contribution in [0.4, 0.5) is 10.1 Å². The summed E-state index contributed by atoms with van der Waals surface area (Å²) >= 11 is 0. The van der Waals surface area contributed by atoms with Crippen molar-refractivity contribution in [1.82, 2.24) is 0 Å². The van der Waals surface area contributed by atoms with Gasteiger partial charge in [0.25, 0.3) is 0 Å². The summed E-state index contributed by atoms with van der Waals surface area (Å²) in [6, 6.07) is 5.91. The standard InChI is InChI=1S/C15H14FNO2/c1-9-6-7-10-11(8-9)15(19)17(14(10)18)13-5-3-2-4-12(13)16/h2-6,10-11H,7-8H2,1H3. The number of para-hydroxylation sites is 1. The van der Waals surface area contributed by atoms with E-state index < -0.39 is 5.82 Å². The molecule has 2 atom stereocenters. The summed E-state index contributed by atoms with van der Waals surface area (Å²) in [5.41, 5.74) is 1.20. The molecule has 1 aromatic carbocycles. The van der Waals surface area contributed by atoms with Gasteiger partial charge in [-0.15, -0.1) is 0 Å². The Balaban J connectivity index is 2.00. The molecule has 19 heavy (non-hydrogen) atoms. The monoisotopic (exact) mass is 259 g/mol. The van der Waals surface area contributed by atoms with Crippen molar-refractivity contribution in [2.45, 2.75) is 19.8 Å². The highest BCUT2D eigenvalue weighted by molar-refractivity contribution is 6.22. The van der Waals surface area contributed by atoms with E-state index >= 15 is 0 Å². The molecule has 0 aromatic heterocycles. The second-order valence-corrected chi connectivity index (χ2v) is 5.17. The quantitative estimate of drug-likeness (QED) is 0.574. The van der Waals surface area contributed by atoms with Gasteiger partial charge in [-0.3, -0.25) is 9.59 Å². The lowest BCUT2D eigenvalue weighted by atomic mass is 9.82. The third-order valence-corrected chi connectivity index (χ3v) is 3.92. The molecule has 2 amide bonds. The number of rotatable bonds is 1. The van der Waals surface area contributed by atoms with Crippen LogP contribution in [0.2, 0.25) is 0 Å². The van der Waals surface area contributed by atoms with Crippen LogP contribution in [-0.4, -0.2) is 11.8 Å². The van der Waals surface area contributed by atoms with Crippen LogP contribution in [0.25, 0.3) is 0 Å². The van der Waals surface area contributed by atoms with Crippen molar-refractivity contribution in [2.75, 3.05) is 4.90 Å². The summed E-state index contributed by atoms with van der Waals surface area (Å²) in [6.45, 7) is 1.96. The number of carbonyl (C=O) groups excluding carboxylic acids is 2. The molecule has 1 aliphatic carbocycles. The molecule has 1 fully saturated rings. The number of allylic oxidation sites excluding steroid dienone is 2. The Morgan fingerprint density at radius 1 is 1.16 bits per heavy atom. The average Bonchev–Trinajstić information content (AvgIpc) is 2.63. The zero-order chi connectivity index (χ0) is 13.6. The Kier molecular flexibility index (Phi) is 2.73. The lowest BCUT2D eigenvalue weighted by Crippen LogP contribution is -2.31. The van der Waals surface area contributed by atoms with Gasteiger partial charge in [0, 0.05) is 0 Å². The molecule has 0 radical (unpaired) electrons. The Morgan fingerprint density at radius 3 is 2.58 bits per heavy atom. The highest BCUT2D eigenvalue weighted by atomic mass is 19.1. The molecule has 1 heterocycles. The van der Waals surface area contributed by atoms with Crippen molar-refractivity contribution < 1.29 is 14.0 Å². The number of halogens is 1. The van der Waals surface area contributed by atoms with E-state index in [0.717, 1.165) is 10.5 Å². The lowest BCUT2D eigenvalue weighted by molar-refractivity contribution is -0.122. The van der Waals surface area contributed by atoms with E-state index in [1.807, 2.05) is 13.0 Å². The minimum absolute atomic E-state index is 0.0737. The number of anilines is 1. The number of nitrogens with zero attached hydrogens (tertiary/aromatic N) is 1. The molecule has 0 N–H and O–H groups in total. The van der Waals surface area contributed by atoms with Gasteiger partial charge in [-0.2, -0.15) is 0 Å². The van der Waals surface area contributed by atoms with Crippen molar-refractivity contribution in [3.63, 3.8) is 0 Å². The van der Waals surface area contributed by atoms with Crippen LogP contribution in [0.5, 0.6) is 0 Å². The maximum atomic E-state index is 13.8. The predicted molar refractivity (Wildman–Crippen MR) is 68.9 cm³/mol. The van der Waals surface area contributed by atoms with Crippen LogP contribution in [0.3, 0.4) is 0 Å². The molecule has 3 rings (SSSR count). The van der Waals surface area contributed by atoms with Crippen LogP contribution in [0, 0.1) is 17.7 Å². The fourth-order valence-corrected chi connectivity index (χ4v) is 2.91. The molecular weight excluding hydrogens is 245 g/mol. The zero-order valence-corrected chi connectivity index (χ0v) is 10.6. The average molecular weight is 259 g/mol. The van der Waals surface area contributed by atoms with Gasteiger partial charge in [0.05, 0.1) is 17.5 Å². The molecule has 0 saturated carbocycles. The zero-order valence-electron chi connectivity index (χ0n) is 10.6. The number of fused-ring (bicyclic) bond motifs is 1. The fourth-order valence-electron chi connectivity index (χ4n) is 2.91. The number of imide groups is 1. The Bertz CT molecular complexity index is 594. The molecule has 98 valence electrons. The summed E-state index contributed by atoms with van der Waals surface area (Å²) in [4.78, 5) is 25.7. The molecule has 2 unspecified atom stereocenters. The highest BCUT2D eigenvalue weighted by Crippen LogP contribution is 2.40. The minimum atomic E-state index is -0.535. The van der Waals surface area contributed by atoms with E-state index in [1.54, 1.807) is 12.1 Å². The number of hydrogen-bond donors (Lipinski definition) is 0. The highest BCUT2D eigenvalue weighted by Gasteiger charge is 2.49. The number of benzene rings is 1. The van der Waals surface area contributed by atoms with Gasteiger partial charge in [0.1, 0.15) is 5.82 Å². The Labute approximate surface area is 110 Å². The SMILES string of the molecule is CC1=CCC2C(=O)N(c3ccccc3F)C(=O)C2C1. The van der Waals surface area contributed by atoms with Crippen molar-refractivity contribution in [3.05, 3.63) is 41.7 Å². The first-order valence-electron chi connectivity index (χ1n) is 6.37. The number of hydrogen-bond acceptors (Lipinski definition) is 2. The van der Waals surface area contributed by atoms with Gasteiger partial charge in [-0.1, -0.05) is 23.8 Å². The van der Waals surface area contributed by atoms with E-state index in [1.165, 1.54) is 12.1 Å². The third-order valence-electron chi connectivity index (χ3n) is 3.92. The van der Waals surface area contributed by atoms with E-state index in [4.69, 9.17) is 0 Å². The van der Waals surface area contributed by atoms with Gasteiger partial charge >= 0.3 is 0 Å². The molecular formula is C15H14FNO2. The maximum absolute atomic E-state index is 13.8. The van der Waals surface area contributed by atoms with Crippen molar-refractivity contribution in [1.29, 1.82) is 0 Å². The first-order valence-corrected chi connectivity index (χ1v) is 6.37. The fraction of sp³-hybridized carbons (Fsp3) is 0.333. The van der Waals surface area contributed by atoms with Crippen molar-refractivity contribution >= 4 is 17.5 Å². The molecule has 1 aliphatic heterocycles. The van der Waals surface area contributed by atoms with Gasteiger partial charge in [-0.05, 0) is 31.9 Å². The molecule has 3 nitrogen and oxygen atoms in total. The third kappa shape index (κ3) is 1.79. The molecule has 1 aromatic rings. The summed E-state index contributed by atoms with van der Waals surface area (Å²) < 4.78 is 13.8. The predicted octanol–water partition coefficient (Wildman–Crippen LogP) is 2.67. The number of amides is 2. The van der Waals surface area contributed by atoms with Crippen molar-refractivity contribution in [2.24, 2.45) is 11.8 Å². The summed E-state index contributed by atoms with van der Waals surface area (Å²) in [5.74, 6) is -1.73. The van der Waals surface area contributed by atoms with Crippen LogP contribution >= 0.6 is 0 Å². The van der Waals surface area contributed by atoms with Crippen LogP contribution < -0.4 is 4.90 Å². The second kappa shape index (κ2) is 4.30. The molecule has 0 bridgehead atoms. The molecule has 1 saturated heterocycles. The van der Waals surface area contributed by atoms with Crippen LogP contribution in [0.15, 0.2) is 35.9 Å². The van der Waals surface area contributed by atoms with Crippen LogP contribution in [-0.2, 0) is 9.59 Å². The Hall–Kier alpha value is -1.97. The summed E-state index contributed by atoms with van der Waals surface area (Å²) in [7, 11) is 0. The molecule has 0 spiro atoms.